The Morgan fingerprint density at radius 3 is 1.14 bits per heavy atom. The van der Waals surface area contributed by atoms with E-state index in [-0.39, 0.29) is 99.2 Å². The third kappa shape index (κ3) is 33.9. The van der Waals surface area contributed by atoms with E-state index in [2.05, 4.69) is 78.6 Å². The lowest BCUT2D eigenvalue weighted by molar-refractivity contribution is -0.140. The van der Waals surface area contributed by atoms with Crippen molar-refractivity contribution in [3.63, 3.8) is 0 Å². The average molecular weight is 1940 g/mol. The summed E-state index contributed by atoms with van der Waals surface area (Å²) in [5.74, 6) is 0.762. The number of alkyl halides is 3. The number of halogens is 3. The van der Waals surface area contributed by atoms with Crippen LogP contribution in [-0.4, -0.2) is 143 Å². The number of aromatic amines is 1. The molecule has 9 aromatic rings. The largest absolute Gasteiger partial charge is 0.492 e. The van der Waals surface area contributed by atoms with Crippen molar-refractivity contribution in [2.75, 3.05) is 45.8 Å². The summed E-state index contributed by atoms with van der Waals surface area (Å²) in [6.45, 7) is 33.8. The van der Waals surface area contributed by atoms with Gasteiger partial charge in [-0.15, -0.1) is 101 Å². The van der Waals surface area contributed by atoms with Gasteiger partial charge in [0.1, 0.15) is 84.2 Å². The predicted molar refractivity (Wildman–Crippen MR) is 485 cm³/mol. The normalized spacial score (nSPS) is 13.2. The maximum atomic E-state index is 12.6. The molecule has 5 aliphatic heterocycles. The summed E-state index contributed by atoms with van der Waals surface area (Å²) >= 11 is 11.2. The molecule has 686 valence electrons. The molecule has 2 amide bonds. The second kappa shape index (κ2) is 50.2. The van der Waals surface area contributed by atoms with Crippen LogP contribution in [0, 0.1) is 62.3 Å². The lowest BCUT2D eigenvalue weighted by Gasteiger charge is -2.09. The number of aromatic nitrogens is 2. The Hall–Kier alpha value is -10.2. The molecule has 0 aromatic carbocycles. The third-order valence-corrected chi connectivity index (χ3v) is 24.2. The first kappa shape index (κ1) is 109. The van der Waals surface area contributed by atoms with Crippen LogP contribution >= 0.6 is 90.7 Å². The zero-order valence-electron chi connectivity index (χ0n) is 68.1. The molecule has 14 rings (SSSR count). The van der Waals surface area contributed by atoms with E-state index in [1.165, 1.54) is 38.0 Å². The fourth-order valence-electron chi connectivity index (χ4n) is 10.3. The molecule has 0 unspecified atom stereocenters. The summed E-state index contributed by atoms with van der Waals surface area (Å²) in [5, 5.41) is 36.7. The van der Waals surface area contributed by atoms with Crippen LogP contribution in [0.15, 0.2) is 93.8 Å². The van der Waals surface area contributed by atoms with Crippen LogP contribution in [0.3, 0.4) is 0 Å². The molecule has 0 spiro atoms. The van der Waals surface area contributed by atoms with Gasteiger partial charge in [0.2, 0.25) is 10.0 Å². The smallest absolute Gasteiger partial charge is 0.434 e. The van der Waals surface area contributed by atoms with Gasteiger partial charge in [-0.2, -0.15) is 26.7 Å². The van der Waals surface area contributed by atoms with Crippen LogP contribution in [-0.2, 0) is 64.9 Å². The quantitative estimate of drug-likeness (QED) is 0.0458. The number of nitrogens with two attached hydrogens (primary N) is 1. The minimum Gasteiger partial charge on any atom is -0.492 e. The van der Waals surface area contributed by atoms with E-state index in [4.69, 9.17) is 38.0 Å². The summed E-state index contributed by atoms with van der Waals surface area (Å²) < 4.78 is 122. The number of carbonyl (C=O) groups is 6. The number of aryl methyl sites for hydroxylation is 9. The Balaban J connectivity index is 0.000000367. The predicted octanol–water partition coefficient (Wildman–Crippen LogP) is 17.8. The Labute approximate surface area is 754 Å². The van der Waals surface area contributed by atoms with Crippen molar-refractivity contribution in [3.8, 4) is 45.3 Å². The van der Waals surface area contributed by atoms with E-state index in [1.807, 2.05) is 105 Å². The molecule has 5 N–H and O–H groups in total. The van der Waals surface area contributed by atoms with Crippen LogP contribution in [0.25, 0.3) is 10.8 Å². The van der Waals surface area contributed by atoms with Gasteiger partial charge < -0.3 is 52.2 Å². The molecule has 0 fully saturated rings. The molecule has 0 saturated carbocycles. The van der Waals surface area contributed by atoms with E-state index >= 15 is 0 Å². The van der Waals surface area contributed by atoms with Crippen molar-refractivity contribution in [1.29, 1.82) is 0 Å². The van der Waals surface area contributed by atoms with Crippen molar-refractivity contribution in [3.05, 3.63) is 143 Å². The van der Waals surface area contributed by atoms with Crippen LogP contribution in [0.5, 0.6) is 34.5 Å². The van der Waals surface area contributed by atoms with Crippen LogP contribution < -0.4 is 48.8 Å². The number of thiophene rings is 8. The first-order valence-electron chi connectivity index (χ1n) is 36.1. The van der Waals surface area contributed by atoms with Crippen molar-refractivity contribution >= 4 is 175 Å². The number of nitrogens with one attached hydrogen (secondary N) is 3. The molecule has 5 aliphatic rings. The lowest BCUT2D eigenvalue weighted by Crippen LogP contribution is -2.35. The number of hydrogen-bond donors (Lipinski definition) is 4. The number of carbonyl (C=O) groups excluding carboxylic acids is 6. The van der Waals surface area contributed by atoms with Crippen molar-refractivity contribution in [2.45, 2.75) is 178 Å². The number of ether oxygens (including phenoxy) is 6. The monoisotopic (exact) mass is 1930 g/mol. The van der Waals surface area contributed by atoms with Crippen LogP contribution in [0.2, 0.25) is 0 Å². The first-order chi connectivity index (χ1) is 57.0. The third-order valence-electron chi connectivity index (χ3n) is 14.6. The zero-order valence-corrected chi connectivity index (χ0v) is 76.3. The van der Waals surface area contributed by atoms with Crippen molar-refractivity contribution in [1.82, 2.24) is 19.6 Å². The van der Waals surface area contributed by atoms with Gasteiger partial charge in [-0.3, -0.25) is 9.59 Å². The number of hydrogen-bond acceptors (Lipinski definition) is 38. The molecular formula is C78H101F3N12O22S10. The fraction of sp³-hybridized carbons (Fsp3) is 0.423. The maximum Gasteiger partial charge on any atom is 0.434 e. The minimum atomic E-state index is -4.44. The summed E-state index contributed by atoms with van der Waals surface area (Å²) in [4.78, 5) is 109. The molecular weight excluding hydrogens is 1830 g/mol. The van der Waals surface area contributed by atoms with Gasteiger partial charge in [-0.25, -0.2) is 52.1 Å². The molecule has 34 nitrogen and oxygen atoms in total. The molecule has 9 aromatic heterocycles. The first-order valence-corrected chi connectivity index (χ1v) is 46.1. The molecule has 0 radical (unpaired) electrons. The zero-order chi connectivity index (χ0) is 89.4. The van der Waals surface area contributed by atoms with E-state index in [9.17, 15) is 63.6 Å². The summed E-state index contributed by atoms with van der Waals surface area (Å²) in [6.07, 6.45) is -2.83. The van der Waals surface area contributed by atoms with Crippen LogP contribution in [0.1, 0.15) is 198 Å². The lowest BCUT2D eigenvalue weighted by atomic mass is 10.1. The maximum absolute atomic E-state index is 12.6. The summed E-state index contributed by atoms with van der Waals surface area (Å²) in [6, 6.07) is 14.4. The van der Waals surface area contributed by atoms with Crippen molar-refractivity contribution in [2.24, 2.45) is 41.2 Å². The second-order valence-electron chi connectivity index (χ2n) is 25.3. The van der Waals surface area contributed by atoms with E-state index in [1.54, 1.807) is 89.9 Å². The molecule has 0 atom stereocenters. The second-order valence-corrected chi connectivity index (χ2v) is 38.4. The number of amides is 2. The Morgan fingerprint density at radius 1 is 0.472 bits per heavy atom. The Morgan fingerprint density at radius 2 is 0.800 bits per heavy atom. The summed E-state index contributed by atoms with van der Waals surface area (Å²) in [5.41, 5.74) is 3.47. The highest BCUT2D eigenvalue weighted by molar-refractivity contribution is 7.89. The number of rotatable bonds is 22. The topological polar surface area (TPSA) is 458 Å². The SMILES string of the molecule is C.C.C.C.CCOc1cc(C)sc1-c1n[nH]c(=O)o1.CCOc1cc(C)sc1C(=O)NS(C)(=O)=O.CCOc1cc(C)sc1C(=O)NS(N)(=O)=O.CCOc1cc(C)sc1C1=NN=NC1.CCOc1cc(C)sc1C1=NOC(=O)C1.Cc1cc(C(F)(F)F)c(C2=NOC(=O)C2)s1.Cc1cc(C)c(C2=NOC(=O)C2)s1.Cc1cc(OC(C)C)c(C2=NOC(=O)C2)s1. The van der Waals surface area contributed by atoms with Gasteiger partial charge in [0.15, 0.2) is 0 Å². The molecule has 0 aliphatic carbocycles. The van der Waals surface area contributed by atoms with Gasteiger partial charge in [-0.05, 0) is 170 Å². The highest BCUT2D eigenvalue weighted by Crippen LogP contribution is 2.41. The van der Waals surface area contributed by atoms with Crippen LogP contribution in [0.4, 0.5) is 13.2 Å². The number of oxime groups is 4. The fourth-order valence-corrected chi connectivity index (χ4v) is 18.6. The van der Waals surface area contributed by atoms with E-state index in [0.717, 1.165) is 112 Å². The Kier molecular flexibility index (Phi) is 43.7. The van der Waals surface area contributed by atoms with Gasteiger partial charge in [-0.1, -0.05) is 50.3 Å². The number of nitrogens with zero attached hydrogens (tertiary/aromatic N) is 8. The van der Waals surface area contributed by atoms with Gasteiger partial charge in [0.25, 0.3) is 27.9 Å². The molecule has 0 saturated heterocycles. The highest BCUT2D eigenvalue weighted by atomic mass is 32.2. The highest BCUT2D eigenvalue weighted by Gasteiger charge is 2.38. The van der Waals surface area contributed by atoms with E-state index in [0.29, 0.717) is 79.5 Å². The molecule has 47 heteroatoms. The average Bonchev–Trinajstić information content (AvgIpc) is 1.65. The Bertz CT molecular complexity index is 5600. The standard InChI is InChI=1S/C11H13NO3S.C10H11NO3S.C9H6F3NO2S.C9H11N3OS.C9H10N2O3S.C9H13NO4S2.C9H9NO2S.C8H12N2O4S2.4CH4/c1-6(2)14-9-4-7(3)16-11(9)8-5-10(13)15-12-8;1-3-13-8-4-6(2)15-10(8)7-5-9(12)14-11-7;1-4-2-5(9(10,11)12)8(16-4)6-3-7(14)15-13-6;1-3-13-8-4-6(2)14-9(8)7-5-10-12-11-7;1-3-13-6-4-5(2)15-7(6)8-10-11-9(12)14-8;1-4-14-7-5-6(2)15-8(7)9(11)10-16(3,12)13;1-5-3-6(2)13-9(5)7-4-8(11)12-10-7;1-3-14-6-4-5(2)15-7(6)8(11)10-16(9,12)13;;;;/h4,6H,5H2,1-3H3;4H,3,5H2,1-2H3;2H,3H2,1H3;4H,3,5H2,1-2H3;4H,3H2,1-2H3,(H,11,12);5H,4H2,1-3H3,(H,10,11);3H,4H2,1-2H3;4H,3H2,1-2H3,(H,10,11)(H2,9,12,13);4*1H4. The van der Waals surface area contributed by atoms with Gasteiger partial charge in [0, 0.05) is 39.0 Å². The van der Waals surface area contributed by atoms with Crippen molar-refractivity contribution < 1.29 is 111 Å². The van der Waals surface area contributed by atoms with Gasteiger partial charge >= 0.3 is 35.8 Å². The molecule has 0 bridgehead atoms. The minimum absolute atomic E-state index is 0. The van der Waals surface area contributed by atoms with Gasteiger partial charge in [0.05, 0.1) is 101 Å². The molecule has 125 heavy (non-hydrogen) atoms. The van der Waals surface area contributed by atoms with E-state index < -0.39 is 55.5 Å². The molecule has 14 heterocycles. The summed E-state index contributed by atoms with van der Waals surface area (Å²) in [7, 11) is -7.58. The number of sulfonamides is 1. The number of H-pyrrole nitrogens is 1.